The minimum atomic E-state index is -1.12. The summed E-state index contributed by atoms with van der Waals surface area (Å²) in [7, 11) is 0. The highest BCUT2D eigenvalue weighted by atomic mass is 32.1. The lowest BCUT2D eigenvalue weighted by Gasteiger charge is -2.05. The summed E-state index contributed by atoms with van der Waals surface area (Å²) in [5.74, 6) is -1.21. The van der Waals surface area contributed by atoms with Crippen LogP contribution in [0.3, 0.4) is 0 Å². The third-order valence-electron chi connectivity index (χ3n) is 1.73. The van der Waals surface area contributed by atoms with Gasteiger partial charge in [0.1, 0.15) is 0 Å². The number of carbonyl (C=O) groups excluding carboxylic acids is 2. The number of carboxylic acids is 1. The molecule has 0 unspecified atom stereocenters. The fourth-order valence-corrected chi connectivity index (χ4v) is 1.15. The smallest absolute Gasteiger partial charge is 0.234 e. The summed E-state index contributed by atoms with van der Waals surface area (Å²) in [4.78, 5) is 21.2. The molecular weight excluding hydrogens is 214 g/mol. The number of nitrogens with one attached hydrogen (secondary N) is 1. The lowest BCUT2D eigenvalue weighted by Crippen LogP contribution is -2.24. The van der Waals surface area contributed by atoms with Crippen LogP contribution in [0, 0.1) is 0 Å². The van der Waals surface area contributed by atoms with Crippen LogP contribution in [0.5, 0.6) is 0 Å². The first-order chi connectivity index (χ1) is 7.11. The van der Waals surface area contributed by atoms with E-state index < -0.39 is 5.97 Å². The van der Waals surface area contributed by atoms with E-state index in [9.17, 15) is 14.7 Å². The van der Waals surface area contributed by atoms with E-state index in [1.54, 1.807) is 24.3 Å². The van der Waals surface area contributed by atoms with Gasteiger partial charge in [0.05, 0.1) is 5.75 Å². The fourth-order valence-electron chi connectivity index (χ4n) is 1.07. The molecule has 1 aromatic carbocycles. The average Bonchev–Trinajstić information content (AvgIpc) is 2.20. The van der Waals surface area contributed by atoms with Gasteiger partial charge >= 0.3 is 0 Å². The standard InChI is InChI=1S/C10H11NO3S/c12-9(6-15)11-8-3-1-7(2-4-8)5-10(13)14/h1-4,15H,5-6H2,(H,11,12)(H,13,14)/p-1. The van der Waals surface area contributed by atoms with Crippen LogP contribution in [0.15, 0.2) is 24.3 Å². The van der Waals surface area contributed by atoms with Crippen LogP contribution in [-0.4, -0.2) is 17.6 Å². The number of rotatable bonds is 4. The van der Waals surface area contributed by atoms with E-state index in [1.807, 2.05) is 0 Å². The van der Waals surface area contributed by atoms with Crippen LogP contribution < -0.4 is 10.4 Å². The molecule has 0 heterocycles. The number of aliphatic carboxylic acids is 1. The number of hydrogen-bond acceptors (Lipinski definition) is 4. The van der Waals surface area contributed by atoms with Crippen molar-refractivity contribution in [2.24, 2.45) is 0 Å². The molecule has 0 bridgehead atoms. The predicted molar refractivity (Wildman–Crippen MR) is 57.6 cm³/mol. The van der Waals surface area contributed by atoms with Crippen molar-refractivity contribution in [2.45, 2.75) is 6.42 Å². The SMILES string of the molecule is O=C([O-])Cc1ccc(NC(=O)CS)cc1. The summed E-state index contributed by atoms with van der Waals surface area (Å²) in [6.45, 7) is 0. The topological polar surface area (TPSA) is 69.2 Å². The largest absolute Gasteiger partial charge is 0.550 e. The Morgan fingerprint density at radius 1 is 1.27 bits per heavy atom. The minimum Gasteiger partial charge on any atom is -0.550 e. The Kier molecular flexibility index (Phi) is 4.17. The van der Waals surface area contributed by atoms with Gasteiger partial charge in [-0.05, 0) is 17.7 Å². The maximum atomic E-state index is 11.0. The van der Waals surface area contributed by atoms with Crippen molar-refractivity contribution < 1.29 is 14.7 Å². The van der Waals surface area contributed by atoms with Gasteiger partial charge in [-0.15, -0.1) is 0 Å². The second-order valence-corrected chi connectivity index (χ2v) is 3.27. The van der Waals surface area contributed by atoms with E-state index in [0.29, 0.717) is 11.3 Å². The van der Waals surface area contributed by atoms with E-state index in [2.05, 4.69) is 17.9 Å². The third kappa shape index (κ3) is 4.03. The first-order valence-corrected chi connectivity index (χ1v) is 4.94. The molecule has 1 N–H and O–H groups in total. The van der Waals surface area contributed by atoms with Crippen molar-refractivity contribution in [1.29, 1.82) is 0 Å². The summed E-state index contributed by atoms with van der Waals surface area (Å²) >= 11 is 3.81. The van der Waals surface area contributed by atoms with Crippen LogP contribution in [0.1, 0.15) is 5.56 Å². The fraction of sp³-hybridized carbons (Fsp3) is 0.200. The molecule has 0 aromatic heterocycles. The van der Waals surface area contributed by atoms with Crippen molar-refractivity contribution in [3.8, 4) is 0 Å². The van der Waals surface area contributed by atoms with Crippen molar-refractivity contribution in [2.75, 3.05) is 11.1 Å². The second kappa shape index (κ2) is 5.41. The molecule has 5 heteroatoms. The Hall–Kier alpha value is -1.49. The lowest BCUT2D eigenvalue weighted by atomic mass is 10.1. The summed E-state index contributed by atoms with van der Waals surface area (Å²) in [6.07, 6.45) is -0.124. The first-order valence-electron chi connectivity index (χ1n) is 4.31. The van der Waals surface area contributed by atoms with Crippen LogP contribution in [0.2, 0.25) is 0 Å². The monoisotopic (exact) mass is 224 g/mol. The van der Waals surface area contributed by atoms with Crippen LogP contribution in [0.4, 0.5) is 5.69 Å². The second-order valence-electron chi connectivity index (χ2n) is 2.95. The van der Waals surface area contributed by atoms with Gasteiger partial charge in [-0.25, -0.2) is 0 Å². The Balaban J connectivity index is 2.64. The van der Waals surface area contributed by atoms with Gasteiger partial charge in [0.2, 0.25) is 5.91 Å². The van der Waals surface area contributed by atoms with Gasteiger partial charge in [-0.3, -0.25) is 4.79 Å². The van der Waals surface area contributed by atoms with E-state index in [4.69, 9.17) is 0 Å². The minimum absolute atomic E-state index is 0.112. The summed E-state index contributed by atoms with van der Waals surface area (Å²) < 4.78 is 0. The van der Waals surface area contributed by atoms with Gasteiger partial charge in [0.25, 0.3) is 0 Å². The Morgan fingerprint density at radius 2 is 1.87 bits per heavy atom. The van der Waals surface area contributed by atoms with Gasteiger partial charge < -0.3 is 15.2 Å². The van der Waals surface area contributed by atoms with Gasteiger partial charge in [0, 0.05) is 18.1 Å². The number of benzene rings is 1. The van der Waals surface area contributed by atoms with E-state index in [1.165, 1.54) is 0 Å². The molecule has 0 radical (unpaired) electrons. The molecule has 15 heavy (non-hydrogen) atoms. The lowest BCUT2D eigenvalue weighted by molar-refractivity contribution is -0.304. The maximum Gasteiger partial charge on any atom is 0.234 e. The summed E-state index contributed by atoms with van der Waals surface area (Å²) in [6, 6.07) is 6.53. The molecule has 0 spiro atoms. The van der Waals surface area contributed by atoms with Crippen molar-refractivity contribution in [3.05, 3.63) is 29.8 Å². The van der Waals surface area contributed by atoms with Gasteiger partial charge in [-0.1, -0.05) is 12.1 Å². The van der Waals surface area contributed by atoms with E-state index in [0.717, 1.165) is 0 Å². The Bertz CT molecular complexity index is 361. The van der Waals surface area contributed by atoms with Crippen molar-refractivity contribution in [1.82, 2.24) is 0 Å². The molecular formula is C10H10NO3S-. The highest BCUT2D eigenvalue weighted by Gasteiger charge is 1.99. The maximum absolute atomic E-state index is 11.0. The molecule has 0 atom stereocenters. The molecule has 0 aliphatic heterocycles. The number of amides is 1. The quantitative estimate of drug-likeness (QED) is 0.699. The number of thiol groups is 1. The third-order valence-corrected chi connectivity index (χ3v) is 2.02. The number of carboxylic acid groups (broad SMARTS) is 1. The molecule has 1 amide bonds. The predicted octanol–water partition coefficient (Wildman–Crippen LogP) is -0.153. The highest BCUT2D eigenvalue weighted by molar-refractivity contribution is 7.81. The Morgan fingerprint density at radius 3 is 2.33 bits per heavy atom. The van der Waals surface area contributed by atoms with Crippen LogP contribution >= 0.6 is 12.6 Å². The Labute approximate surface area is 92.7 Å². The van der Waals surface area contributed by atoms with Crippen LogP contribution in [-0.2, 0) is 16.0 Å². The number of anilines is 1. The molecule has 1 aromatic rings. The molecule has 0 saturated heterocycles. The normalized spacial score (nSPS) is 9.67. The molecule has 4 nitrogen and oxygen atoms in total. The van der Waals surface area contributed by atoms with Gasteiger partial charge in [0.15, 0.2) is 0 Å². The van der Waals surface area contributed by atoms with Crippen molar-refractivity contribution in [3.63, 3.8) is 0 Å². The molecule has 1 rings (SSSR count). The average molecular weight is 224 g/mol. The first kappa shape index (κ1) is 11.6. The van der Waals surface area contributed by atoms with E-state index in [-0.39, 0.29) is 18.1 Å². The molecule has 0 saturated carbocycles. The molecule has 0 aliphatic rings. The van der Waals surface area contributed by atoms with Crippen LogP contribution in [0.25, 0.3) is 0 Å². The number of hydrogen-bond donors (Lipinski definition) is 2. The molecule has 0 fully saturated rings. The zero-order valence-corrected chi connectivity index (χ0v) is 8.79. The summed E-state index contributed by atoms with van der Waals surface area (Å²) in [5, 5.41) is 12.9. The molecule has 0 aliphatic carbocycles. The zero-order chi connectivity index (χ0) is 11.3. The number of carbonyl (C=O) groups is 2. The molecule has 80 valence electrons. The highest BCUT2D eigenvalue weighted by Crippen LogP contribution is 2.09. The van der Waals surface area contributed by atoms with Crippen molar-refractivity contribution >= 4 is 30.2 Å². The zero-order valence-electron chi connectivity index (χ0n) is 7.90. The van der Waals surface area contributed by atoms with E-state index >= 15 is 0 Å². The van der Waals surface area contributed by atoms with Gasteiger partial charge in [-0.2, -0.15) is 12.6 Å². The summed E-state index contributed by atoms with van der Waals surface area (Å²) in [5.41, 5.74) is 1.26.